The number of carbonyl (C=O) groups is 2. The van der Waals surface area contributed by atoms with Gasteiger partial charge in [-0.25, -0.2) is 0 Å². The van der Waals surface area contributed by atoms with Gasteiger partial charge in [0.05, 0.1) is 26.7 Å². The quantitative estimate of drug-likeness (QED) is 0.843. The fourth-order valence-corrected chi connectivity index (χ4v) is 2.18. The molecule has 1 aromatic rings. The van der Waals surface area contributed by atoms with Gasteiger partial charge in [-0.1, -0.05) is 18.2 Å². The van der Waals surface area contributed by atoms with Gasteiger partial charge in [-0.05, 0) is 6.07 Å². The van der Waals surface area contributed by atoms with Crippen molar-refractivity contribution >= 4 is 11.8 Å². The first kappa shape index (κ1) is 14.3. The zero-order valence-corrected chi connectivity index (χ0v) is 11.6. The maximum absolute atomic E-state index is 11.9. The van der Waals surface area contributed by atoms with Crippen LogP contribution in [0.25, 0.3) is 0 Å². The van der Waals surface area contributed by atoms with Crippen LogP contribution in [0.5, 0.6) is 5.75 Å². The predicted octanol–water partition coefficient (Wildman–Crippen LogP) is 0.0292. The molecule has 0 saturated carbocycles. The van der Waals surface area contributed by atoms with Crippen LogP contribution in [-0.4, -0.2) is 60.5 Å². The summed E-state index contributed by atoms with van der Waals surface area (Å²) in [4.78, 5) is 26.2. The summed E-state index contributed by atoms with van der Waals surface area (Å²) in [5, 5.41) is 10.3. The summed E-state index contributed by atoms with van der Waals surface area (Å²) in [7, 11) is 3.12. The Morgan fingerprint density at radius 3 is 2.65 bits per heavy atom. The second-order valence-corrected chi connectivity index (χ2v) is 4.78. The van der Waals surface area contributed by atoms with Crippen molar-refractivity contribution in [2.24, 2.45) is 0 Å². The number of β-amino-alcohol motifs (C(OH)–C–C–N with tert-alkyl or cyclic N) is 1. The standard InChI is InChI=1S/C14H18N2O4/c1-15-8-14(19)16(9-13(15)18)7-11(17)10-5-3-4-6-12(10)20-2/h3-6,11,17H,7-9H2,1-2H3. The van der Waals surface area contributed by atoms with Crippen molar-refractivity contribution in [1.29, 1.82) is 0 Å². The molecule has 1 unspecified atom stereocenters. The Hall–Kier alpha value is -2.08. The van der Waals surface area contributed by atoms with Gasteiger partial charge < -0.3 is 19.6 Å². The third kappa shape index (κ3) is 2.91. The lowest BCUT2D eigenvalue weighted by atomic mass is 10.1. The van der Waals surface area contributed by atoms with Gasteiger partial charge in [0.2, 0.25) is 11.8 Å². The Kier molecular flexibility index (Phi) is 4.24. The summed E-state index contributed by atoms with van der Waals surface area (Å²) >= 11 is 0. The van der Waals surface area contributed by atoms with E-state index in [1.165, 1.54) is 16.9 Å². The average Bonchev–Trinajstić information content (AvgIpc) is 2.44. The summed E-state index contributed by atoms with van der Waals surface area (Å²) in [5.41, 5.74) is 0.606. The fourth-order valence-electron chi connectivity index (χ4n) is 2.18. The van der Waals surface area contributed by atoms with Crippen LogP contribution in [0, 0.1) is 0 Å². The zero-order valence-electron chi connectivity index (χ0n) is 11.6. The molecule has 0 aromatic heterocycles. The molecule has 0 spiro atoms. The molecule has 1 aromatic carbocycles. The van der Waals surface area contributed by atoms with Crippen LogP contribution in [0.4, 0.5) is 0 Å². The lowest BCUT2D eigenvalue weighted by molar-refractivity contribution is -0.150. The van der Waals surface area contributed by atoms with Gasteiger partial charge in [0, 0.05) is 12.6 Å². The summed E-state index contributed by atoms with van der Waals surface area (Å²) in [6.45, 7) is 0.137. The molecule has 1 aliphatic heterocycles. The van der Waals surface area contributed by atoms with E-state index in [2.05, 4.69) is 0 Å². The SMILES string of the molecule is COc1ccccc1C(O)CN1CC(=O)N(C)CC1=O. The molecule has 0 aliphatic carbocycles. The number of nitrogens with zero attached hydrogens (tertiary/aromatic N) is 2. The van der Waals surface area contributed by atoms with Crippen LogP contribution in [0.2, 0.25) is 0 Å². The van der Waals surface area contributed by atoms with E-state index in [1.54, 1.807) is 31.3 Å². The summed E-state index contributed by atoms with van der Waals surface area (Å²) in [5.74, 6) is 0.269. The number of para-hydroxylation sites is 1. The summed E-state index contributed by atoms with van der Waals surface area (Å²) in [6.07, 6.45) is -0.883. The van der Waals surface area contributed by atoms with Crippen LogP contribution in [0.1, 0.15) is 11.7 Å². The molecule has 20 heavy (non-hydrogen) atoms. The number of carbonyl (C=O) groups excluding carboxylic acids is 2. The first-order valence-corrected chi connectivity index (χ1v) is 6.35. The third-order valence-electron chi connectivity index (χ3n) is 3.37. The van der Waals surface area contributed by atoms with E-state index in [0.717, 1.165) is 0 Å². The molecule has 1 N–H and O–H groups in total. The monoisotopic (exact) mass is 278 g/mol. The fraction of sp³-hybridized carbons (Fsp3) is 0.429. The van der Waals surface area contributed by atoms with Gasteiger partial charge in [-0.3, -0.25) is 9.59 Å². The molecule has 1 atom stereocenters. The molecular weight excluding hydrogens is 260 g/mol. The molecule has 0 bridgehead atoms. The minimum absolute atomic E-state index is 0.00153. The topological polar surface area (TPSA) is 70.1 Å². The molecule has 1 aliphatic rings. The zero-order chi connectivity index (χ0) is 14.7. The number of amides is 2. The second kappa shape index (κ2) is 5.92. The number of aliphatic hydroxyl groups excluding tert-OH is 1. The first-order valence-electron chi connectivity index (χ1n) is 6.35. The molecule has 6 nitrogen and oxygen atoms in total. The van der Waals surface area contributed by atoms with Crippen molar-refractivity contribution in [3.8, 4) is 5.75 Å². The van der Waals surface area contributed by atoms with E-state index in [9.17, 15) is 14.7 Å². The predicted molar refractivity (Wildman–Crippen MR) is 72.2 cm³/mol. The Bertz CT molecular complexity index is 518. The van der Waals surface area contributed by atoms with E-state index >= 15 is 0 Å². The lowest BCUT2D eigenvalue weighted by Gasteiger charge is -2.33. The highest BCUT2D eigenvalue weighted by molar-refractivity contribution is 5.92. The number of rotatable bonds is 4. The van der Waals surface area contributed by atoms with Crippen molar-refractivity contribution in [3.05, 3.63) is 29.8 Å². The van der Waals surface area contributed by atoms with Gasteiger partial charge in [0.15, 0.2) is 0 Å². The van der Waals surface area contributed by atoms with Crippen molar-refractivity contribution in [2.75, 3.05) is 33.8 Å². The van der Waals surface area contributed by atoms with E-state index < -0.39 is 6.10 Å². The Morgan fingerprint density at radius 2 is 1.95 bits per heavy atom. The van der Waals surface area contributed by atoms with Crippen LogP contribution in [-0.2, 0) is 9.59 Å². The highest BCUT2D eigenvalue weighted by Crippen LogP contribution is 2.25. The Labute approximate surface area is 117 Å². The molecule has 1 saturated heterocycles. The number of methoxy groups -OCH3 is 1. The van der Waals surface area contributed by atoms with Crippen LogP contribution >= 0.6 is 0 Å². The van der Waals surface area contributed by atoms with E-state index in [4.69, 9.17) is 4.74 Å². The maximum Gasteiger partial charge on any atom is 0.242 e. The number of ether oxygens (including phenoxy) is 1. The number of hydrogen-bond acceptors (Lipinski definition) is 4. The Morgan fingerprint density at radius 1 is 1.25 bits per heavy atom. The van der Waals surface area contributed by atoms with E-state index in [1.807, 2.05) is 0 Å². The minimum atomic E-state index is -0.883. The third-order valence-corrected chi connectivity index (χ3v) is 3.37. The van der Waals surface area contributed by atoms with Gasteiger partial charge in [-0.2, -0.15) is 0 Å². The normalized spacial score (nSPS) is 17.4. The lowest BCUT2D eigenvalue weighted by Crippen LogP contribution is -2.53. The number of hydrogen-bond donors (Lipinski definition) is 1. The smallest absolute Gasteiger partial charge is 0.242 e. The average molecular weight is 278 g/mol. The van der Waals surface area contributed by atoms with Gasteiger partial charge >= 0.3 is 0 Å². The number of likely N-dealkylation sites (N-methyl/N-ethyl adjacent to an activating group) is 1. The highest BCUT2D eigenvalue weighted by Gasteiger charge is 2.29. The first-order chi connectivity index (χ1) is 9.52. The number of benzene rings is 1. The van der Waals surface area contributed by atoms with Gasteiger partial charge in [0.25, 0.3) is 0 Å². The van der Waals surface area contributed by atoms with Crippen molar-refractivity contribution in [1.82, 2.24) is 9.80 Å². The molecule has 0 radical (unpaired) electrons. The summed E-state index contributed by atoms with van der Waals surface area (Å²) < 4.78 is 5.18. The molecule has 1 heterocycles. The summed E-state index contributed by atoms with van der Waals surface area (Å²) in [6, 6.07) is 7.08. The Balaban J connectivity index is 2.09. The minimum Gasteiger partial charge on any atom is -0.496 e. The number of piperazine rings is 1. The van der Waals surface area contributed by atoms with Crippen LogP contribution in [0.3, 0.4) is 0 Å². The molecule has 108 valence electrons. The van der Waals surface area contributed by atoms with Crippen molar-refractivity contribution in [2.45, 2.75) is 6.10 Å². The van der Waals surface area contributed by atoms with Crippen molar-refractivity contribution < 1.29 is 19.4 Å². The second-order valence-electron chi connectivity index (χ2n) is 4.78. The molecule has 1 fully saturated rings. The highest BCUT2D eigenvalue weighted by atomic mass is 16.5. The van der Waals surface area contributed by atoms with Crippen LogP contribution < -0.4 is 4.74 Å². The van der Waals surface area contributed by atoms with E-state index in [0.29, 0.717) is 11.3 Å². The largest absolute Gasteiger partial charge is 0.496 e. The van der Waals surface area contributed by atoms with Crippen LogP contribution in [0.15, 0.2) is 24.3 Å². The van der Waals surface area contributed by atoms with Gasteiger partial charge in [0.1, 0.15) is 11.9 Å². The molecule has 2 rings (SSSR count). The maximum atomic E-state index is 11.9. The molecule has 2 amide bonds. The molecule has 6 heteroatoms. The van der Waals surface area contributed by atoms with Crippen molar-refractivity contribution in [3.63, 3.8) is 0 Å². The van der Waals surface area contributed by atoms with Gasteiger partial charge in [-0.15, -0.1) is 0 Å². The molecular formula is C14H18N2O4. The van der Waals surface area contributed by atoms with E-state index in [-0.39, 0.29) is 31.4 Å². The number of aliphatic hydroxyl groups is 1.